The van der Waals surface area contributed by atoms with Gasteiger partial charge in [0, 0.05) is 6.07 Å². The molecule has 3 rings (SSSR count). The number of aryl methyl sites for hydroxylation is 1. The molecule has 9 heteroatoms. The Balaban J connectivity index is 1.93. The van der Waals surface area contributed by atoms with Crippen LogP contribution in [0.2, 0.25) is 0 Å². The van der Waals surface area contributed by atoms with E-state index in [1.54, 1.807) is 31.2 Å². The highest BCUT2D eigenvalue weighted by Gasteiger charge is 2.15. The molecule has 0 amide bonds. The minimum atomic E-state index is -2.88. The summed E-state index contributed by atoms with van der Waals surface area (Å²) >= 11 is 0. The van der Waals surface area contributed by atoms with Gasteiger partial charge in [-0.25, -0.2) is 14.4 Å². The lowest BCUT2D eigenvalue weighted by molar-refractivity contribution is -0.133. The SMILES string of the molecule is COc1cc2ncnc(Oc3cccc(C)c3F)c2cc1OCCOC(F)F. The quantitative estimate of drug-likeness (QED) is 0.525. The van der Waals surface area contributed by atoms with Gasteiger partial charge < -0.3 is 18.9 Å². The molecule has 0 fully saturated rings. The Morgan fingerprint density at radius 2 is 1.86 bits per heavy atom. The second-order valence-corrected chi connectivity index (χ2v) is 5.67. The molecule has 0 aliphatic heterocycles. The Kier molecular flexibility index (Phi) is 6.15. The van der Waals surface area contributed by atoms with E-state index < -0.39 is 12.4 Å². The number of fused-ring (bicyclic) bond motifs is 1. The molecule has 1 heterocycles. The summed E-state index contributed by atoms with van der Waals surface area (Å²) in [4.78, 5) is 8.22. The van der Waals surface area contributed by atoms with Crippen LogP contribution < -0.4 is 14.2 Å². The van der Waals surface area contributed by atoms with Crippen LogP contribution in [0.1, 0.15) is 5.56 Å². The van der Waals surface area contributed by atoms with Crippen LogP contribution >= 0.6 is 0 Å². The van der Waals surface area contributed by atoms with Crippen molar-refractivity contribution >= 4 is 10.9 Å². The zero-order valence-corrected chi connectivity index (χ0v) is 15.1. The third kappa shape index (κ3) is 4.42. The Bertz CT molecular complexity index is 969. The van der Waals surface area contributed by atoms with Crippen LogP contribution in [0.25, 0.3) is 10.9 Å². The molecule has 0 saturated carbocycles. The van der Waals surface area contributed by atoms with E-state index in [4.69, 9.17) is 14.2 Å². The number of alkyl halides is 2. The summed E-state index contributed by atoms with van der Waals surface area (Å²) < 4.78 is 58.9. The average Bonchev–Trinajstić information content (AvgIpc) is 2.68. The molecule has 0 N–H and O–H groups in total. The van der Waals surface area contributed by atoms with Gasteiger partial charge in [-0.05, 0) is 24.6 Å². The minimum absolute atomic E-state index is 0.0172. The van der Waals surface area contributed by atoms with E-state index in [1.165, 1.54) is 19.5 Å². The predicted molar refractivity (Wildman–Crippen MR) is 94.8 cm³/mol. The van der Waals surface area contributed by atoms with Crippen molar-refractivity contribution in [3.8, 4) is 23.1 Å². The molecule has 2 aromatic carbocycles. The van der Waals surface area contributed by atoms with Gasteiger partial charge in [0.05, 0.1) is 24.6 Å². The fourth-order valence-electron chi connectivity index (χ4n) is 2.49. The maximum atomic E-state index is 14.3. The lowest BCUT2D eigenvalue weighted by Gasteiger charge is -2.14. The number of rotatable bonds is 8. The Labute approximate surface area is 158 Å². The summed E-state index contributed by atoms with van der Waals surface area (Å²) in [5, 5.41) is 0.439. The molecule has 0 radical (unpaired) electrons. The fraction of sp³-hybridized carbons (Fsp3) is 0.263. The Morgan fingerprint density at radius 1 is 1.04 bits per heavy atom. The largest absolute Gasteiger partial charge is 0.493 e. The standard InChI is InChI=1S/C19H17F3N2O4/c1-11-4-3-5-14(17(11)20)28-18-12-8-16(26-6-7-27-19(21)22)15(25-2)9-13(12)23-10-24-18/h3-5,8-10,19H,6-7H2,1-2H3. The number of halogens is 3. The van der Waals surface area contributed by atoms with Crippen molar-refractivity contribution < 1.29 is 32.1 Å². The van der Waals surface area contributed by atoms with E-state index in [-0.39, 0.29) is 30.6 Å². The third-order valence-corrected chi connectivity index (χ3v) is 3.83. The predicted octanol–water partition coefficient (Wildman–Crippen LogP) is 4.50. The zero-order valence-electron chi connectivity index (χ0n) is 15.1. The number of aromatic nitrogens is 2. The van der Waals surface area contributed by atoms with Crippen LogP contribution in [0.4, 0.5) is 13.2 Å². The van der Waals surface area contributed by atoms with Crippen molar-refractivity contribution in [2.24, 2.45) is 0 Å². The summed E-state index contributed by atoms with van der Waals surface area (Å²) in [6.45, 7) is -1.68. The van der Waals surface area contributed by atoms with Gasteiger partial charge in [-0.1, -0.05) is 12.1 Å². The van der Waals surface area contributed by atoms with Gasteiger partial charge in [-0.2, -0.15) is 8.78 Å². The number of hydrogen-bond acceptors (Lipinski definition) is 6. The van der Waals surface area contributed by atoms with Gasteiger partial charge in [0.25, 0.3) is 0 Å². The smallest absolute Gasteiger partial charge is 0.345 e. The molecular formula is C19H17F3N2O4. The van der Waals surface area contributed by atoms with Gasteiger partial charge in [-0.15, -0.1) is 0 Å². The molecular weight excluding hydrogens is 377 g/mol. The third-order valence-electron chi connectivity index (χ3n) is 3.83. The Morgan fingerprint density at radius 3 is 2.61 bits per heavy atom. The maximum absolute atomic E-state index is 14.3. The van der Waals surface area contributed by atoms with E-state index in [9.17, 15) is 13.2 Å². The highest BCUT2D eigenvalue weighted by atomic mass is 19.3. The molecule has 0 unspecified atom stereocenters. The van der Waals surface area contributed by atoms with Crippen LogP contribution in [0, 0.1) is 12.7 Å². The fourth-order valence-corrected chi connectivity index (χ4v) is 2.49. The normalized spacial score (nSPS) is 11.1. The molecule has 0 aliphatic carbocycles. The summed E-state index contributed by atoms with van der Waals surface area (Å²) in [6, 6.07) is 7.90. The number of hydrogen-bond donors (Lipinski definition) is 0. The van der Waals surface area contributed by atoms with Crippen molar-refractivity contribution in [1.82, 2.24) is 9.97 Å². The van der Waals surface area contributed by atoms with Crippen LogP contribution in [-0.4, -0.2) is 36.9 Å². The van der Waals surface area contributed by atoms with Crippen LogP contribution in [0.15, 0.2) is 36.7 Å². The second kappa shape index (κ2) is 8.75. The van der Waals surface area contributed by atoms with Crippen molar-refractivity contribution in [2.75, 3.05) is 20.3 Å². The van der Waals surface area contributed by atoms with Crippen LogP contribution in [-0.2, 0) is 4.74 Å². The van der Waals surface area contributed by atoms with Crippen molar-refractivity contribution in [3.05, 3.63) is 48.0 Å². The first-order valence-electron chi connectivity index (χ1n) is 8.28. The van der Waals surface area contributed by atoms with E-state index in [0.717, 1.165) is 0 Å². The van der Waals surface area contributed by atoms with Gasteiger partial charge in [0.1, 0.15) is 12.9 Å². The van der Waals surface area contributed by atoms with E-state index in [0.29, 0.717) is 22.2 Å². The van der Waals surface area contributed by atoms with Gasteiger partial charge in [-0.3, -0.25) is 0 Å². The van der Waals surface area contributed by atoms with Gasteiger partial charge in [0.15, 0.2) is 23.1 Å². The molecule has 0 atom stereocenters. The molecule has 0 saturated heterocycles. The van der Waals surface area contributed by atoms with E-state index in [1.807, 2.05) is 0 Å². The summed E-state index contributed by atoms with van der Waals surface area (Å²) in [5.74, 6) is 0.242. The van der Waals surface area contributed by atoms with Crippen LogP contribution in [0.5, 0.6) is 23.1 Å². The summed E-state index contributed by atoms with van der Waals surface area (Å²) in [7, 11) is 1.43. The molecule has 0 spiro atoms. The highest BCUT2D eigenvalue weighted by Crippen LogP contribution is 2.36. The zero-order chi connectivity index (χ0) is 20.1. The monoisotopic (exact) mass is 394 g/mol. The van der Waals surface area contributed by atoms with Crippen molar-refractivity contribution in [3.63, 3.8) is 0 Å². The highest BCUT2D eigenvalue weighted by molar-refractivity contribution is 5.87. The molecule has 6 nitrogen and oxygen atoms in total. The lowest BCUT2D eigenvalue weighted by Crippen LogP contribution is -2.10. The Hall–Kier alpha value is -3.07. The molecule has 0 bridgehead atoms. The second-order valence-electron chi connectivity index (χ2n) is 5.67. The molecule has 148 valence electrons. The first-order chi connectivity index (χ1) is 13.5. The van der Waals surface area contributed by atoms with E-state index in [2.05, 4.69) is 14.7 Å². The number of methoxy groups -OCH3 is 1. The van der Waals surface area contributed by atoms with Crippen molar-refractivity contribution in [1.29, 1.82) is 0 Å². The summed E-state index contributed by atoms with van der Waals surface area (Å²) in [5.41, 5.74) is 0.909. The molecule has 28 heavy (non-hydrogen) atoms. The molecule has 1 aromatic heterocycles. The number of ether oxygens (including phenoxy) is 4. The molecule has 3 aromatic rings. The first-order valence-corrected chi connectivity index (χ1v) is 8.28. The van der Waals surface area contributed by atoms with Gasteiger partial charge in [0.2, 0.25) is 5.88 Å². The maximum Gasteiger partial charge on any atom is 0.345 e. The van der Waals surface area contributed by atoms with E-state index >= 15 is 0 Å². The van der Waals surface area contributed by atoms with Crippen molar-refractivity contribution in [2.45, 2.75) is 13.5 Å². The van der Waals surface area contributed by atoms with Gasteiger partial charge >= 0.3 is 6.61 Å². The minimum Gasteiger partial charge on any atom is -0.493 e. The lowest BCUT2D eigenvalue weighted by atomic mass is 10.2. The first kappa shape index (κ1) is 19.7. The number of benzene rings is 2. The topological polar surface area (TPSA) is 62.7 Å². The summed E-state index contributed by atoms with van der Waals surface area (Å²) in [6.07, 6.45) is 1.28. The van der Waals surface area contributed by atoms with Crippen LogP contribution in [0.3, 0.4) is 0 Å². The number of nitrogens with zero attached hydrogens (tertiary/aromatic N) is 2. The average molecular weight is 394 g/mol. The molecule has 0 aliphatic rings.